The van der Waals surface area contributed by atoms with Gasteiger partial charge in [0.25, 0.3) is 5.92 Å². The summed E-state index contributed by atoms with van der Waals surface area (Å²) < 4.78 is 73.6. The summed E-state index contributed by atoms with van der Waals surface area (Å²) >= 11 is 6.25. The lowest BCUT2D eigenvalue weighted by molar-refractivity contribution is -0.143. The number of pyridine rings is 1. The van der Waals surface area contributed by atoms with Crippen molar-refractivity contribution in [2.45, 2.75) is 25.4 Å². The Hall–Kier alpha value is -3.99. The standard InChI is InChI=1S/C27H19ClF5N3O3/c1-14-9-15(5-8-22(14)39-13-16-11-26(16,29)30)18-7-6-17(28)10-19(18)21-3-2-4-23(35-21)36-24(27(31,32)33)20(12-34-36)25(37)38/h2-10,12,16H,11,13H2,1H3,(H,37,38). The first-order valence-corrected chi connectivity index (χ1v) is 12.0. The second-order valence-electron chi connectivity index (χ2n) is 9.15. The van der Waals surface area contributed by atoms with E-state index in [9.17, 15) is 31.9 Å². The lowest BCUT2D eigenvalue weighted by atomic mass is 9.96. The Morgan fingerprint density at radius 1 is 1.15 bits per heavy atom. The van der Waals surface area contributed by atoms with E-state index in [-0.39, 0.29) is 24.5 Å². The molecule has 1 unspecified atom stereocenters. The number of hydrogen-bond acceptors (Lipinski definition) is 4. The molecular weight excluding hydrogens is 545 g/mol. The molecule has 39 heavy (non-hydrogen) atoms. The first-order valence-electron chi connectivity index (χ1n) is 11.6. The normalized spacial score (nSPS) is 16.2. The molecule has 1 aliphatic rings. The van der Waals surface area contributed by atoms with Gasteiger partial charge in [0.1, 0.15) is 11.3 Å². The van der Waals surface area contributed by atoms with Crippen LogP contribution in [-0.4, -0.2) is 38.4 Å². The van der Waals surface area contributed by atoms with Crippen molar-refractivity contribution in [3.05, 3.63) is 82.6 Å². The summed E-state index contributed by atoms with van der Waals surface area (Å²) in [7, 11) is 0. The summed E-state index contributed by atoms with van der Waals surface area (Å²) in [5.41, 5.74) is 0.358. The van der Waals surface area contributed by atoms with Gasteiger partial charge in [-0.15, -0.1) is 0 Å². The van der Waals surface area contributed by atoms with E-state index in [1.165, 1.54) is 12.1 Å². The maximum absolute atomic E-state index is 13.7. The van der Waals surface area contributed by atoms with Gasteiger partial charge in [-0.05, 0) is 60.0 Å². The van der Waals surface area contributed by atoms with E-state index in [0.717, 1.165) is 0 Å². The number of halogens is 6. The van der Waals surface area contributed by atoms with Gasteiger partial charge in [0, 0.05) is 17.0 Å². The van der Waals surface area contributed by atoms with Gasteiger partial charge in [0.15, 0.2) is 11.5 Å². The average molecular weight is 564 g/mol. The van der Waals surface area contributed by atoms with Gasteiger partial charge < -0.3 is 9.84 Å². The van der Waals surface area contributed by atoms with Crippen molar-refractivity contribution in [1.29, 1.82) is 0 Å². The third-order valence-corrected chi connectivity index (χ3v) is 6.59. The molecule has 202 valence electrons. The van der Waals surface area contributed by atoms with E-state index >= 15 is 0 Å². The molecule has 1 N–H and O–H groups in total. The van der Waals surface area contributed by atoms with Crippen LogP contribution in [0.25, 0.3) is 28.2 Å². The maximum atomic E-state index is 13.7. The Morgan fingerprint density at radius 3 is 2.54 bits per heavy atom. The van der Waals surface area contributed by atoms with Gasteiger partial charge in [-0.2, -0.15) is 18.3 Å². The van der Waals surface area contributed by atoms with E-state index in [1.807, 2.05) is 0 Å². The summed E-state index contributed by atoms with van der Waals surface area (Å²) in [4.78, 5) is 15.7. The molecule has 6 nitrogen and oxygen atoms in total. The van der Waals surface area contributed by atoms with Crippen LogP contribution in [-0.2, 0) is 6.18 Å². The topological polar surface area (TPSA) is 77.2 Å². The minimum absolute atomic E-state index is 0.0902. The second-order valence-corrected chi connectivity index (χ2v) is 9.58. The number of carboxylic acids is 1. The van der Waals surface area contributed by atoms with Crippen molar-refractivity contribution >= 4 is 17.6 Å². The molecule has 1 fully saturated rings. The van der Waals surface area contributed by atoms with Crippen LogP contribution < -0.4 is 4.74 Å². The van der Waals surface area contributed by atoms with Crippen molar-refractivity contribution in [3.63, 3.8) is 0 Å². The number of rotatable bonds is 7. The molecule has 12 heteroatoms. The van der Waals surface area contributed by atoms with Crippen LogP contribution in [0.2, 0.25) is 5.02 Å². The van der Waals surface area contributed by atoms with Crippen LogP contribution in [0.4, 0.5) is 22.0 Å². The highest BCUT2D eigenvalue weighted by Crippen LogP contribution is 2.48. The number of carbonyl (C=O) groups is 1. The number of carboxylic acid groups (broad SMARTS) is 1. The number of hydrogen-bond donors (Lipinski definition) is 1. The monoisotopic (exact) mass is 563 g/mol. The van der Waals surface area contributed by atoms with Crippen LogP contribution in [0.1, 0.15) is 28.0 Å². The molecule has 0 amide bonds. The Kier molecular flexibility index (Phi) is 6.58. The van der Waals surface area contributed by atoms with Crippen LogP contribution in [0.5, 0.6) is 5.75 Å². The lowest BCUT2D eigenvalue weighted by Gasteiger charge is -2.15. The highest BCUT2D eigenvalue weighted by atomic mass is 35.5. The van der Waals surface area contributed by atoms with E-state index in [4.69, 9.17) is 16.3 Å². The molecule has 4 aromatic rings. The van der Waals surface area contributed by atoms with Crippen LogP contribution in [0.15, 0.2) is 60.8 Å². The number of benzene rings is 2. The molecule has 1 aliphatic carbocycles. The third kappa shape index (κ3) is 5.31. The third-order valence-electron chi connectivity index (χ3n) is 6.36. The van der Waals surface area contributed by atoms with Gasteiger partial charge in [0.2, 0.25) is 0 Å². The smallest absolute Gasteiger partial charge is 0.434 e. The molecule has 0 saturated heterocycles. The highest BCUT2D eigenvalue weighted by Gasteiger charge is 2.57. The predicted octanol–water partition coefficient (Wildman–Crippen LogP) is 7.31. The number of aromatic carboxylic acids is 1. The highest BCUT2D eigenvalue weighted by molar-refractivity contribution is 6.31. The number of aryl methyl sites for hydroxylation is 1. The van der Waals surface area contributed by atoms with E-state index < -0.39 is 35.2 Å². The zero-order valence-corrected chi connectivity index (χ0v) is 20.9. The van der Waals surface area contributed by atoms with E-state index in [0.29, 0.717) is 43.9 Å². The number of alkyl halides is 5. The summed E-state index contributed by atoms with van der Waals surface area (Å²) in [6, 6.07) is 14.5. The molecule has 5 rings (SSSR count). The summed E-state index contributed by atoms with van der Waals surface area (Å²) in [5, 5.41) is 13.2. The molecule has 2 heterocycles. The molecule has 0 spiro atoms. The first kappa shape index (κ1) is 26.6. The van der Waals surface area contributed by atoms with Gasteiger partial charge in [-0.3, -0.25) is 0 Å². The Morgan fingerprint density at radius 2 is 1.90 bits per heavy atom. The Balaban J connectivity index is 1.52. The lowest BCUT2D eigenvalue weighted by Crippen LogP contribution is -2.18. The zero-order chi connectivity index (χ0) is 28.1. The molecule has 2 aromatic heterocycles. The number of aromatic nitrogens is 3. The van der Waals surface area contributed by atoms with Crippen LogP contribution in [0.3, 0.4) is 0 Å². The maximum Gasteiger partial charge on any atom is 0.434 e. The van der Waals surface area contributed by atoms with E-state index in [1.54, 1.807) is 49.4 Å². The summed E-state index contributed by atoms with van der Waals surface area (Å²) in [5.74, 6) is -5.02. The SMILES string of the molecule is Cc1cc(-c2ccc(Cl)cc2-c2cccc(-n3ncc(C(=O)O)c3C(F)(F)F)n2)ccc1OCC1CC1(F)F. The molecule has 0 bridgehead atoms. The number of nitrogens with zero attached hydrogens (tertiary/aromatic N) is 3. The Bertz CT molecular complexity index is 1590. The van der Waals surface area contributed by atoms with E-state index in [2.05, 4.69) is 10.1 Å². The summed E-state index contributed by atoms with van der Waals surface area (Å²) in [6.45, 7) is 1.68. The second kappa shape index (κ2) is 9.64. The molecule has 2 aromatic carbocycles. The van der Waals surface area contributed by atoms with Crippen molar-refractivity contribution in [2.24, 2.45) is 5.92 Å². The first-order chi connectivity index (χ1) is 18.3. The van der Waals surface area contributed by atoms with Gasteiger partial charge in [-0.25, -0.2) is 23.2 Å². The largest absolute Gasteiger partial charge is 0.493 e. The van der Waals surface area contributed by atoms with Crippen molar-refractivity contribution in [1.82, 2.24) is 14.8 Å². The van der Waals surface area contributed by atoms with Crippen molar-refractivity contribution < 1.29 is 36.6 Å². The molecular formula is C27H19ClF5N3O3. The minimum Gasteiger partial charge on any atom is -0.493 e. The van der Waals surface area contributed by atoms with Gasteiger partial charge in [-0.1, -0.05) is 29.8 Å². The van der Waals surface area contributed by atoms with Crippen LogP contribution >= 0.6 is 11.6 Å². The molecule has 1 atom stereocenters. The predicted molar refractivity (Wildman–Crippen MR) is 132 cm³/mol. The average Bonchev–Trinajstić information content (AvgIpc) is 3.25. The van der Waals surface area contributed by atoms with Crippen molar-refractivity contribution in [2.75, 3.05) is 6.61 Å². The number of ether oxygens (including phenoxy) is 1. The molecule has 0 radical (unpaired) electrons. The summed E-state index contributed by atoms with van der Waals surface area (Å²) in [6.07, 6.45) is -4.56. The van der Waals surface area contributed by atoms with Gasteiger partial charge >= 0.3 is 12.1 Å². The van der Waals surface area contributed by atoms with Gasteiger partial charge in [0.05, 0.1) is 24.4 Å². The van der Waals surface area contributed by atoms with Crippen LogP contribution in [0, 0.1) is 12.8 Å². The minimum atomic E-state index is -5.00. The fourth-order valence-electron chi connectivity index (χ4n) is 4.24. The van der Waals surface area contributed by atoms with Crippen molar-refractivity contribution in [3.8, 4) is 34.0 Å². The zero-order valence-electron chi connectivity index (χ0n) is 20.1. The quantitative estimate of drug-likeness (QED) is 0.239. The molecule has 0 aliphatic heterocycles. The fraction of sp³-hybridized carbons (Fsp3) is 0.222. The Labute approximate surface area is 223 Å². The molecule has 1 saturated carbocycles. The fourth-order valence-corrected chi connectivity index (χ4v) is 4.41.